The smallest absolute Gasteiger partial charge is 0.243 e. The van der Waals surface area contributed by atoms with Crippen LogP contribution in [-0.2, 0) is 41.5 Å². The predicted octanol–water partition coefficient (Wildman–Crippen LogP) is 0.351. The molecule has 0 aromatic heterocycles. The summed E-state index contributed by atoms with van der Waals surface area (Å²) in [4.78, 5) is 54.9. The highest BCUT2D eigenvalue weighted by atomic mass is 16.6. The van der Waals surface area contributed by atoms with Gasteiger partial charge in [0.25, 0.3) is 0 Å². The standard InChI is InChI=1S/C31H40N4O8/c1-20(32-27(37)18-35-9-11-42-12-10-35)29(39)34-26(16-22-13-23(36)17-24(14-22)41-3)30(40)33-25(28(38)31(2)19-43-31)15-21-7-5-4-6-8-21/h4-8,13-14,17,20,25-26,36H,9-12,15-16,18-19H2,1-3H3,(H,32,37)(H,33,40)(H,34,39)/t20-,25-,26-,31+/m0/s1. The number of amides is 3. The second kappa shape index (κ2) is 14.5. The van der Waals surface area contributed by atoms with Gasteiger partial charge in [0.05, 0.1) is 39.5 Å². The zero-order chi connectivity index (χ0) is 31.0. The Morgan fingerprint density at radius 1 is 0.953 bits per heavy atom. The van der Waals surface area contributed by atoms with Gasteiger partial charge in [-0.3, -0.25) is 24.1 Å². The number of phenolic OH excluding ortho intramolecular Hbond substituents is 1. The molecule has 43 heavy (non-hydrogen) atoms. The molecule has 2 aliphatic rings. The first kappa shape index (κ1) is 31.9. The lowest BCUT2D eigenvalue weighted by molar-refractivity contribution is -0.134. The van der Waals surface area contributed by atoms with Crippen LogP contribution < -0.4 is 20.7 Å². The van der Waals surface area contributed by atoms with Crippen LogP contribution in [0.1, 0.15) is 25.0 Å². The van der Waals surface area contributed by atoms with Crippen molar-refractivity contribution in [3.63, 3.8) is 0 Å². The maximum absolute atomic E-state index is 13.8. The third kappa shape index (κ3) is 9.24. The Kier molecular flexibility index (Phi) is 10.7. The number of nitrogens with one attached hydrogen (secondary N) is 3. The van der Waals surface area contributed by atoms with Crippen LogP contribution in [0.5, 0.6) is 11.5 Å². The van der Waals surface area contributed by atoms with Crippen molar-refractivity contribution in [2.24, 2.45) is 0 Å². The fraction of sp³-hybridized carbons (Fsp3) is 0.484. The van der Waals surface area contributed by atoms with E-state index in [2.05, 4.69) is 16.0 Å². The molecular formula is C31H40N4O8. The van der Waals surface area contributed by atoms with Gasteiger partial charge in [-0.25, -0.2) is 0 Å². The minimum Gasteiger partial charge on any atom is -0.508 e. The monoisotopic (exact) mass is 596 g/mol. The van der Waals surface area contributed by atoms with E-state index in [-0.39, 0.29) is 43.4 Å². The molecule has 12 heteroatoms. The Bertz CT molecular complexity index is 1290. The molecule has 2 saturated heterocycles. The number of hydrogen-bond acceptors (Lipinski definition) is 9. The summed E-state index contributed by atoms with van der Waals surface area (Å²) in [6.07, 6.45) is 0.218. The number of epoxide rings is 1. The first-order chi connectivity index (χ1) is 20.6. The van der Waals surface area contributed by atoms with E-state index in [1.165, 1.54) is 26.2 Å². The van der Waals surface area contributed by atoms with Crippen molar-refractivity contribution in [1.29, 1.82) is 0 Å². The van der Waals surface area contributed by atoms with Gasteiger partial charge < -0.3 is 35.3 Å². The van der Waals surface area contributed by atoms with Crippen LogP contribution in [0.2, 0.25) is 0 Å². The number of rotatable bonds is 14. The molecule has 2 aliphatic heterocycles. The van der Waals surface area contributed by atoms with Gasteiger partial charge in [-0.15, -0.1) is 0 Å². The number of Topliss-reactive ketones (excluding diaryl/α,β-unsaturated/α-hetero) is 1. The summed E-state index contributed by atoms with van der Waals surface area (Å²) >= 11 is 0. The minimum absolute atomic E-state index is 0.0171. The van der Waals surface area contributed by atoms with Gasteiger partial charge in [0.15, 0.2) is 5.78 Å². The molecule has 4 rings (SSSR count). The maximum atomic E-state index is 13.8. The molecule has 2 aromatic carbocycles. The summed E-state index contributed by atoms with van der Waals surface area (Å²) in [5.41, 5.74) is 0.383. The number of carbonyl (C=O) groups excluding carboxylic acids is 4. The number of ether oxygens (including phenoxy) is 3. The van der Waals surface area contributed by atoms with Crippen molar-refractivity contribution in [3.05, 3.63) is 59.7 Å². The number of phenols is 1. The molecule has 3 amide bonds. The average Bonchev–Trinajstić information content (AvgIpc) is 3.74. The number of nitrogens with zero attached hydrogens (tertiary/aromatic N) is 1. The Balaban J connectivity index is 1.50. The molecule has 0 bridgehead atoms. The van der Waals surface area contributed by atoms with Gasteiger partial charge in [-0.1, -0.05) is 30.3 Å². The predicted molar refractivity (Wildman–Crippen MR) is 157 cm³/mol. The summed E-state index contributed by atoms with van der Waals surface area (Å²) in [6.45, 7) is 5.92. The summed E-state index contributed by atoms with van der Waals surface area (Å²) in [7, 11) is 1.45. The molecule has 0 radical (unpaired) electrons. The van der Waals surface area contributed by atoms with Crippen molar-refractivity contribution in [1.82, 2.24) is 20.9 Å². The highest BCUT2D eigenvalue weighted by molar-refractivity contribution is 5.98. The number of carbonyl (C=O) groups is 4. The van der Waals surface area contributed by atoms with Crippen LogP contribution in [0, 0.1) is 0 Å². The van der Waals surface area contributed by atoms with Crippen molar-refractivity contribution in [3.8, 4) is 11.5 Å². The number of morpholine rings is 1. The topological polar surface area (TPSA) is 159 Å². The fourth-order valence-corrected chi connectivity index (χ4v) is 4.89. The van der Waals surface area contributed by atoms with Gasteiger partial charge in [0.1, 0.15) is 29.2 Å². The Morgan fingerprint density at radius 2 is 1.60 bits per heavy atom. The summed E-state index contributed by atoms with van der Waals surface area (Å²) in [5, 5.41) is 18.4. The summed E-state index contributed by atoms with van der Waals surface area (Å²) in [5.74, 6) is -1.46. The summed E-state index contributed by atoms with van der Waals surface area (Å²) < 4.78 is 15.9. The minimum atomic E-state index is -1.14. The lowest BCUT2D eigenvalue weighted by Crippen LogP contribution is -2.57. The van der Waals surface area contributed by atoms with Crippen LogP contribution in [0.25, 0.3) is 0 Å². The zero-order valence-electron chi connectivity index (χ0n) is 24.8. The van der Waals surface area contributed by atoms with E-state index in [0.717, 1.165) is 5.56 Å². The van der Waals surface area contributed by atoms with E-state index in [0.29, 0.717) is 37.6 Å². The van der Waals surface area contributed by atoms with Crippen LogP contribution in [0.15, 0.2) is 48.5 Å². The number of methoxy groups -OCH3 is 1. The second-order valence-corrected chi connectivity index (χ2v) is 11.1. The molecule has 4 atom stereocenters. The van der Waals surface area contributed by atoms with E-state index in [1.807, 2.05) is 35.2 Å². The molecule has 12 nitrogen and oxygen atoms in total. The van der Waals surface area contributed by atoms with E-state index in [9.17, 15) is 24.3 Å². The first-order valence-electron chi connectivity index (χ1n) is 14.4. The van der Waals surface area contributed by atoms with Gasteiger partial charge in [-0.2, -0.15) is 0 Å². The normalized spacial score (nSPS) is 20.3. The largest absolute Gasteiger partial charge is 0.508 e. The van der Waals surface area contributed by atoms with Gasteiger partial charge >= 0.3 is 0 Å². The van der Waals surface area contributed by atoms with E-state index < -0.39 is 35.5 Å². The molecule has 0 aliphatic carbocycles. The van der Waals surface area contributed by atoms with E-state index in [4.69, 9.17) is 14.2 Å². The first-order valence-corrected chi connectivity index (χ1v) is 14.4. The second-order valence-electron chi connectivity index (χ2n) is 11.1. The number of hydrogen-bond donors (Lipinski definition) is 4. The van der Waals surface area contributed by atoms with Crippen LogP contribution >= 0.6 is 0 Å². The highest BCUT2D eigenvalue weighted by Gasteiger charge is 2.50. The van der Waals surface area contributed by atoms with Crippen molar-refractivity contribution >= 4 is 23.5 Å². The number of benzene rings is 2. The SMILES string of the molecule is COc1cc(O)cc(C[C@H](NC(=O)[C@H](C)NC(=O)CN2CCOCC2)C(=O)N[C@@H](Cc2ccccc2)C(=O)[C@@]2(C)CO2)c1. The molecule has 2 fully saturated rings. The van der Waals surface area contributed by atoms with Gasteiger partial charge in [0, 0.05) is 25.6 Å². The number of aromatic hydroxyl groups is 1. The van der Waals surface area contributed by atoms with Gasteiger partial charge in [0.2, 0.25) is 17.7 Å². The zero-order valence-corrected chi connectivity index (χ0v) is 24.8. The molecule has 0 saturated carbocycles. The molecule has 232 valence electrons. The lowest BCUT2D eigenvalue weighted by atomic mass is 9.94. The summed E-state index contributed by atoms with van der Waals surface area (Å²) in [6, 6.07) is 10.8. The Morgan fingerprint density at radius 3 is 2.26 bits per heavy atom. The molecular weight excluding hydrogens is 556 g/mol. The fourth-order valence-electron chi connectivity index (χ4n) is 4.89. The van der Waals surface area contributed by atoms with E-state index >= 15 is 0 Å². The van der Waals surface area contributed by atoms with Crippen molar-refractivity contribution in [2.45, 2.75) is 50.4 Å². The molecule has 2 heterocycles. The van der Waals surface area contributed by atoms with Crippen LogP contribution in [0.3, 0.4) is 0 Å². The Hall–Kier alpha value is -4.00. The van der Waals surface area contributed by atoms with E-state index in [1.54, 1.807) is 13.0 Å². The molecule has 2 aromatic rings. The highest BCUT2D eigenvalue weighted by Crippen LogP contribution is 2.29. The molecule has 4 N–H and O–H groups in total. The average molecular weight is 597 g/mol. The van der Waals surface area contributed by atoms with Crippen molar-refractivity contribution in [2.75, 3.05) is 46.6 Å². The van der Waals surface area contributed by atoms with Crippen molar-refractivity contribution < 1.29 is 38.5 Å². The van der Waals surface area contributed by atoms with Crippen LogP contribution in [0.4, 0.5) is 0 Å². The third-order valence-corrected chi connectivity index (χ3v) is 7.52. The molecule has 0 spiro atoms. The maximum Gasteiger partial charge on any atom is 0.243 e. The van der Waals surface area contributed by atoms with Gasteiger partial charge in [-0.05, 0) is 43.5 Å². The third-order valence-electron chi connectivity index (χ3n) is 7.52. The quantitative estimate of drug-likeness (QED) is 0.226. The number of ketones is 1. The Labute approximate surface area is 251 Å². The molecule has 0 unspecified atom stereocenters. The lowest BCUT2D eigenvalue weighted by Gasteiger charge is -2.27. The van der Waals surface area contributed by atoms with Crippen LogP contribution in [-0.4, -0.2) is 104 Å².